The number of carbonyl (C=O) groups is 1. The van der Waals surface area contributed by atoms with Gasteiger partial charge >= 0.3 is 0 Å². The largest absolute Gasteiger partial charge is 0.464 e. The summed E-state index contributed by atoms with van der Waals surface area (Å²) in [5.74, 6) is 1.21. The van der Waals surface area contributed by atoms with Gasteiger partial charge in [-0.05, 0) is 297 Å². The molecule has 0 saturated carbocycles. The number of H-pyrrole nitrogens is 1. The summed E-state index contributed by atoms with van der Waals surface area (Å²) in [5.41, 5.74) is 52.6. The Morgan fingerprint density at radius 2 is 0.519 bits per heavy atom. The van der Waals surface area contributed by atoms with Crippen LogP contribution in [-0.4, -0.2) is 10.8 Å². The molecule has 0 bridgehead atoms. The van der Waals surface area contributed by atoms with Gasteiger partial charge in [0.1, 0.15) is 5.76 Å². The topological polar surface area (TPSA) is 46.0 Å². The van der Waals surface area contributed by atoms with Crippen molar-refractivity contribution in [3.63, 3.8) is 0 Å². The number of aromatic nitrogens is 1. The number of hydrogen-bond donors (Lipinski definition) is 1. The molecule has 135 heavy (non-hydrogen) atoms. The lowest BCUT2D eigenvalue weighted by atomic mass is 9.86. The summed E-state index contributed by atoms with van der Waals surface area (Å²) in [4.78, 5) is 16.6. The molecule has 0 fully saturated rings. The molecule has 10 aliphatic rings. The van der Waals surface area contributed by atoms with Gasteiger partial charge in [-0.2, -0.15) is 0 Å². The average Bonchev–Trinajstić information content (AvgIpc) is 1.56. The van der Waals surface area contributed by atoms with Gasteiger partial charge in [0.15, 0.2) is 5.78 Å². The molecule has 642 valence electrons. The molecule has 3 aromatic heterocycles. The molecular formula is C131H95NO2S. The summed E-state index contributed by atoms with van der Waals surface area (Å²) in [5, 5.41) is 10.3. The summed E-state index contributed by atoms with van der Waals surface area (Å²) >= 11 is 1.85. The average molecular weight is 1750 g/mol. The predicted molar refractivity (Wildman–Crippen MR) is 563 cm³/mol. The van der Waals surface area contributed by atoms with Crippen LogP contribution in [0.3, 0.4) is 0 Å². The molecule has 0 atom stereocenters. The lowest BCUT2D eigenvalue weighted by Crippen LogP contribution is -2.02. The lowest BCUT2D eigenvalue weighted by Gasteiger charge is -2.19. The Bertz CT molecular complexity index is 7870. The van der Waals surface area contributed by atoms with Crippen LogP contribution in [0.25, 0.3) is 143 Å². The number of nitrogens with one attached hydrogen (secondary N) is 1. The Hall–Kier alpha value is -16.1. The van der Waals surface area contributed by atoms with Crippen LogP contribution in [0.15, 0.2) is 453 Å². The highest BCUT2D eigenvalue weighted by atomic mass is 32.1. The normalized spacial score (nSPS) is 12.8. The summed E-state index contributed by atoms with van der Waals surface area (Å²) in [6, 6.07) is 153. The number of ketones is 1. The number of aromatic amines is 1. The highest BCUT2D eigenvalue weighted by Gasteiger charge is 2.30. The maximum atomic E-state index is 11.9. The van der Waals surface area contributed by atoms with Crippen LogP contribution in [-0.2, 0) is 64.2 Å². The van der Waals surface area contributed by atoms with Gasteiger partial charge in [-0.15, -0.1) is 11.3 Å². The molecule has 32 rings (SSSR count). The second-order valence-electron chi connectivity index (χ2n) is 36.5. The monoisotopic (exact) mass is 1750 g/mol. The van der Waals surface area contributed by atoms with Gasteiger partial charge in [-0.25, -0.2) is 0 Å². The molecule has 19 aromatic carbocycles. The zero-order chi connectivity index (χ0) is 89.7. The van der Waals surface area contributed by atoms with Gasteiger partial charge in [0, 0.05) is 57.4 Å². The smallest absolute Gasteiger partial charge is 0.194 e. The second kappa shape index (κ2) is 35.9. The molecule has 3 heterocycles. The van der Waals surface area contributed by atoms with Gasteiger partial charge in [0.25, 0.3) is 0 Å². The van der Waals surface area contributed by atoms with E-state index in [-0.39, 0.29) is 5.78 Å². The van der Waals surface area contributed by atoms with E-state index >= 15 is 0 Å². The van der Waals surface area contributed by atoms with E-state index in [1.54, 1.807) is 6.26 Å². The zero-order valence-corrected chi connectivity index (χ0v) is 75.8. The summed E-state index contributed by atoms with van der Waals surface area (Å²) in [6.45, 7) is 0. The molecule has 0 amide bonds. The molecular weight excluding hydrogens is 1650 g/mol. The molecule has 0 radical (unpaired) electrons. The third kappa shape index (κ3) is 15.6. The van der Waals surface area contributed by atoms with Crippen LogP contribution >= 0.6 is 11.3 Å². The quantitative estimate of drug-likeness (QED) is 0.164. The minimum absolute atomic E-state index is 0.149. The van der Waals surface area contributed by atoms with Crippen LogP contribution < -0.4 is 0 Å². The molecule has 0 aliphatic heterocycles. The molecule has 0 saturated heterocycles. The minimum atomic E-state index is 0.149. The van der Waals surface area contributed by atoms with Crippen molar-refractivity contribution in [3.8, 4) is 111 Å². The first kappa shape index (κ1) is 82.1. The molecule has 22 aromatic rings. The number of hydrogen-bond acceptors (Lipinski definition) is 3. The van der Waals surface area contributed by atoms with Crippen LogP contribution in [0.2, 0.25) is 0 Å². The van der Waals surface area contributed by atoms with Gasteiger partial charge < -0.3 is 9.40 Å². The Kier molecular flexibility index (Phi) is 21.8. The Labute approximate surface area is 792 Å². The second-order valence-corrected chi connectivity index (χ2v) is 37.4. The number of fused-ring (bicyclic) bond motifs is 36. The number of furan rings is 1. The summed E-state index contributed by atoms with van der Waals surface area (Å²) in [6.07, 6.45) is 14.8. The van der Waals surface area contributed by atoms with Crippen molar-refractivity contribution >= 4 is 49.4 Å². The van der Waals surface area contributed by atoms with E-state index in [0.29, 0.717) is 0 Å². The van der Waals surface area contributed by atoms with Crippen LogP contribution in [0.4, 0.5) is 0 Å². The van der Waals surface area contributed by atoms with Crippen molar-refractivity contribution in [2.24, 2.45) is 0 Å². The minimum Gasteiger partial charge on any atom is -0.464 e. The van der Waals surface area contributed by atoms with Crippen molar-refractivity contribution in [3.05, 3.63) is 560 Å². The molecule has 10 aliphatic carbocycles. The fourth-order valence-corrected chi connectivity index (χ4v) is 23.3. The van der Waals surface area contributed by atoms with Crippen LogP contribution in [0.5, 0.6) is 0 Å². The third-order valence-corrected chi connectivity index (χ3v) is 29.6. The molecule has 0 spiro atoms. The van der Waals surface area contributed by atoms with E-state index < -0.39 is 0 Å². The van der Waals surface area contributed by atoms with E-state index in [1.165, 1.54) is 239 Å². The first-order chi connectivity index (χ1) is 66.9. The molecule has 4 heteroatoms. The molecule has 3 nitrogen and oxygen atoms in total. The van der Waals surface area contributed by atoms with Crippen molar-refractivity contribution in [1.29, 1.82) is 0 Å². The van der Waals surface area contributed by atoms with Gasteiger partial charge in [-0.3, -0.25) is 4.79 Å². The molecule has 0 unspecified atom stereocenters. The van der Waals surface area contributed by atoms with Crippen molar-refractivity contribution in [2.75, 3.05) is 0 Å². The zero-order valence-electron chi connectivity index (χ0n) is 75.0. The van der Waals surface area contributed by atoms with Gasteiger partial charge in [-0.1, -0.05) is 400 Å². The first-order valence-electron chi connectivity index (χ1n) is 47.4. The highest BCUT2D eigenvalue weighted by molar-refractivity contribution is 7.13. The third-order valence-electron chi connectivity index (χ3n) is 28.7. The summed E-state index contributed by atoms with van der Waals surface area (Å²) < 4.78 is 5.40. The SMILES string of the molecule is O=C1c2ccccc2-c2ccccc21.c1ccc2c(c1)CCc1ccccc1-2.c1ccc2c(c1)Cc1cc3c(cc1-2)Cc1ccccc1-3.c1ccc2c(c1)Cc1cc[nH]c1-2.c1ccc2c(c1)Cc1ccc3ccccc3c1-2.c1ccc2c(c1)Cc1ccccc1-2.c1ccc2c(c1)Cc1ccoc1-2.c1ccc2c(c1)Cc1ccsc1-2.c1ccc2c3c(ccc2c1)Cc1ccc2ccccc2c1-3. The van der Waals surface area contributed by atoms with E-state index in [1.807, 2.05) is 66.1 Å². The Morgan fingerprint density at radius 3 is 1.01 bits per heavy atom. The number of thiophene rings is 1. The summed E-state index contributed by atoms with van der Waals surface area (Å²) in [7, 11) is 0. The van der Waals surface area contributed by atoms with E-state index in [4.69, 9.17) is 4.42 Å². The van der Waals surface area contributed by atoms with Crippen molar-refractivity contribution in [1.82, 2.24) is 4.98 Å². The van der Waals surface area contributed by atoms with Crippen LogP contribution in [0.1, 0.15) is 116 Å². The molecule has 1 N–H and O–H groups in total. The van der Waals surface area contributed by atoms with Crippen molar-refractivity contribution < 1.29 is 9.21 Å². The van der Waals surface area contributed by atoms with E-state index in [0.717, 1.165) is 79.4 Å². The fraction of sp³-hybridized carbons (Fsp3) is 0.0763. The van der Waals surface area contributed by atoms with Crippen molar-refractivity contribution in [2.45, 2.75) is 64.2 Å². The van der Waals surface area contributed by atoms with Crippen LogP contribution in [0, 0.1) is 0 Å². The highest BCUT2D eigenvalue weighted by Crippen LogP contribution is 2.50. The van der Waals surface area contributed by atoms with Gasteiger partial charge in [0.05, 0.1) is 6.26 Å². The van der Waals surface area contributed by atoms with E-state index in [9.17, 15) is 4.79 Å². The maximum absolute atomic E-state index is 11.9. The van der Waals surface area contributed by atoms with E-state index in [2.05, 4.69) is 393 Å². The maximum Gasteiger partial charge on any atom is 0.194 e. The number of carbonyl (C=O) groups excluding carboxylic acids is 1. The number of benzene rings is 19. The fourth-order valence-electron chi connectivity index (χ4n) is 22.3. The Balaban J connectivity index is 0.0000000838. The van der Waals surface area contributed by atoms with Gasteiger partial charge in [0.2, 0.25) is 0 Å². The lowest BCUT2D eigenvalue weighted by molar-refractivity contribution is 0.104. The standard InChI is InChI=1S/C21H14.C20H14.C17H12.C14H12.C13H8O.C13H10.C11H9N.C11H8O.C11H8S/c1-3-7-18-14(5-1)9-11-16-13-17-12-10-15-6-2-4-8-19(15)21(17)20(16)18;1-3-7-17-13(5-1)9-15-11-20-16(12-19(15)17)10-14-6-2-4-8-18(14)20;1-3-7-15-12(5-1)9-10-14-11-13-6-2-4-8-16(13)17(14)15;1-3-7-13-11(5-1)9-10-12-6-2-4-8-14(12)13;14-13-11-7-3-1-5-9(11)10-6-2-4-8-12(10)13;1-3-7-12-10(5-1)9-11-6-2-4-8-13(11)12;3*1-2-4-10-8(3-1)7-9-5-6-12-11(9)10/h1-12H,13H2;1-8,11-12H,9-10H2;1-10H,11H2;1-8H,9-10H2;1-8H;1-8H,9H2;1-6,12H,7H2;2*1-6H,7H2. The Morgan fingerprint density at radius 1 is 0.207 bits per heavy atom. The predicted octanol–water partition coefficient (Wildman–Crippen LogP) is 33.2. The first-order valence-corrected chi connectivity index (χ1v) is 48.3. The number of rotatable bonds is 0. The number of aryl methyl sites for hydroxylation is 2.